The Labute approximate surface area is 197 Å². The molecule has 0 heterocycles. The third-order valence-electron chi connectivity index (χ3n) is 5.40. The summed E-state index contributed by atoms with van der Waals surface area (Å²) in [7, 11) is -3.72. The fraction of sp³-hybridized carbons (Fsp3) is 0.440. The third kappa shape index (κ3) is 7.89. The summed E-state index contributed by atoms with van der Waals surface area (Å²) in [6.07, 6.45) is 1.64. The quantitative estimate of drug-likeness (QED) is 0.544. The maximum Gasteiger partial charge on any atom is 0.244 e. The van der Waals surface area contributed by atoms with Crippen molar-refractivity contribution in [2.24, 2.45) is 5.92 Å². The lowest BCUT2D eigenvalue weighted by Gasteiger charge is -2.32. The van der Waals surface area contributed by atoms with Crippen molar-refractivity contribution in [3.05, 3.63) is 65.7 Å². The topological polar surface area (TPSA) is 86.8 Å². The van der Waals surface area contributed by atoms with Crippen LogP contribution in [0.3, 0.4) is 0 Å². The molecule has 0 aliphatic heterocycles. The van der Waals surface area contributed by atoms with Crippen LogP contribution in [0, 0.1) is 12.8 Å². The van der Waals surface area contributed by atoms with Gasteiger partial charge in [0, 0.05) is 13.1 Å². The molecule has 0 spiro atoms. The third-order valence-corrected chi connectivity index (χ3v) is 6.53. The van der Waals surface area contributed by atoms with Crippen LogP contribution < -0.4 is 9.62 Å². The number of carbonyl (C=O) groups excluding carboxylic acids is 2. The van der Waals surface area contributed by atoms with E-state index < -0.39 is 22.0 Å². The molecule has 33 heavy (non-hydrogen) atoms. The summed E-state index contributed by atoms with van der Waals surface area (Å²) in [4.78, 5) is 27.7. The van der Waals surface area contributed by atoms with Crippen LogP contribution in [-0.4, -0.2) is 57.1 Å². The predicted molar refractivity (Wildman–Crippen MR) is 133 cm³/mol. The number of rotatable bonds is 11. The minimum absolute atomic E-state index is 0.257. The van der Waals surface area contributed by atoms with Gasteiger partial charge in [-0.3, -0.25) is 13.9 Å². The summed E-state index contributed by atoms with van der Waals surface area (Å²) >= 11 is 0. The molecule has 0 aliphatic carbocycles. The normalized spacial score (nSPS) is 12.3. The number of aryl methyl sites for hydroxylation is 1. The van der Waals surface area contributed by atoms with E-state index in [9.17, 15) is 18.0 Å². The van der Waals surface area contributed by atoms with Crippen molar-refractivity contribution in [3.63, 3.8) is 0 Å². The molecule has 0 aromatic heterocycles. The fourth-order valence-electron chi connectivity index (χ4n) is 3.46. The maximum absolute atomic E-state index is 13.4. The van der Waals surface area contributed by atoms with Crippen molar-refractivity contribution in [1.29, 1.82) is 0 Å². The Morgan fingerprint density at radius 1 is 0.970 bits per heavy atom. The average Bonchev–Trinajstić information content (AvgIpc) is 2.76. The first-order valence-electron chi connectivity index (χ1n) is 11.1. The Morgan fingerprint density at radius 2 is 1.58 bits per heavy atom. The molecule has 180 valence electrons. The Hall–Kier alpha value is -2.87. The van der Waals surface area contributed by atoms with Crippen LogP contribution in [-0.2, 0) is 26.0 Å². The first-order valence-corrected chi connectivity index (χ1v) is 13.0. The molecule has 0 aliphatic rings. The lowest BCUT2D eigenvalue weighted by molar-refractivity contribution is -0.138. The van der Waals surface area contributed by atoms with Gasteiger partial charge in [-0.2, -0.15) is 0 Å². The molecule has 0 bridgehead atoms. The lowest BCUT2D eigenvalue weighted by Crippen LogP contribution is -2.52. The summed E-state index contributed by atoms with van der Waals surface area (Å²) in [5, 5.41) is 2.88. The number of benzene rings is 2. The molecular formula is C25H35N3O4S. The number of nitrogens with one attached hydrogen (secondary N) is 1. The Kier molecular flexibility index (Phi) is 9.46. The molecule has 2 aromatic rings. The smallest absolute Gasteiger partial charge is 0.244 e. The molecule has 7 nitrogen and oxygen atoms in total. The molecule has 2 aromatic carbocycles. The van der Waals surface area contributed by atoms with E-state index in [0.717, 1.165) is 21.7 Å². The highest BCUT2D eigenvalue weighted by Gasteiger charge is 2.30. The van der Waals surface area contributed by atoms with E-state index in [2.05, 4.69) is 5.32 Å². The van der Waals surface area contributed by atoms with E-state index in [1.165, 1.54) is 4.90 Å². The summed E-state index contributed by atoms with van der Waals surface area (Å²) in [6, 6.07) is 16.0. The van der Waals surface area contributed by atoms with E-state index in [0.29, 0.717) is 25.2 Å². The number of nitrogens with zero attached hydrogens (tertiary/aromatic N) is 2. The summed E-state index contributed by atoms with van der Waals surface area (Å²) in [5.74, 6) is -0.407. The molecule has 1 atom stereocenters. The molecule has 0 saturated heterocycles. The van der Waals surface area contributed by atoms with Crippen LogP contribution >= 0.6 is 0 Å². The van der Waals surface area contributed by atoms with Gasteiger partial charge >= 0.3 is 0 Å². The Morgan fingerprint density at radius 3 is 2.15 bits per heavy atom. The van der Waals surface area contributed by atoms with E-state index in [1.807, 2.05) is 50.2 Å². The zero-order valence-electron chi connectivity index (χ0n) is 20.1. The highest BCUT2D eigenvalue weighted by Crippen LogP contribution is 2.22. The van der Waals surface area contributed by atoms with Crippen molar-refractivity contribution in [1.82, 2.24) is 10.2 Å². The second-order valence-corrected chi connectivity index (χ2v) is 10.6. The number of carbonyl (C=O) groups is 2. The Bertz CT molecular complexity index is 1040. The van der Waals surface area contributed by atoms with Gasteiger partial charge in [-0.15, -0.1) is 0 Å². The van der Waals surface area contributed by atoms with Crippen LogP contribution in [0.1, 0.15) is 31.9 Å². The van der Waals surface area contributed by atoms with Gasteiger partial charge in [-0.25, -0.2) is 8.42 Å². The van der Waals surface area contributed by atoms with Crippen LogP contribution in [0.5, 0.6) is 0 Å². The molecule has 0 radical (unpaired) electrons. The van der Waals surface area contributed by atoms with Crippen LogP contribution in [0.25, 0.3) is 0 Å². The van der Waals surface area contributed by atoms with Crippen LogP contribution in [0.4, 0.5) is 5.69 Å². The van der Waals surface area contributed by atoms with Gasteiger partial charge in [-0.1, -0.05) is 62.4 Å². The van der Waals surface area contributed by atoms with Gasteiger partial charge < -0.3 is 10.2 Å². The number of hydrogen-bond acceptors (Lipinski definition) is 4. The number of sulfonamides is 1. The molecule has 0 saturated carbocycles. The minimum Gasteiger partial charge on any atom is -0.354 e. The molecule has 0 fully saturated rings. The summed E-state index contributed by atoms with van der Waals surface area (Å²) in [5.41, 5.74) is 2.23. The minimum atomic E-state index is -3.72. The van der Waals surface area contributed by atoms with Crippen molar-refractivity contribution in [2.45, 2.75) is 40.2 Å². The molecule has 2 rings (SSSR count). The summed E-state index contributed by atoms with van der Waals surface area (Å²) < 4.78 is 26.3. The van der Waals surface area contributed by atoms with Crippen molar-refractivity contribution in [3.8, 4) is 0 Å². The molecule has 8 heteroatoms. The van der Waals surface area contributed by atoms with Gasteiger partial charge in [0.2, 0.25) is 21.8 Å². The zero-order valence-corrected chi connectivity index (χ0v) is 20.9. The molecule has 1 unspecified atom stereocenters. The first kappa shape index (κ1) is 26.4. The zero-order chi connectivity index (χ0) is 24.6. The van der Waals surface area contributed by atoms with Crippen molar-refractivity contribution < 1.29 is 18.0 Å². The standard InChI is InChI=1S/C25H35N3O4S/c1-19(2)17-26-25(30)21(4)27(16-15-22-12-7-6-8-13-22)24(29)18-28(33(5,31)32)23-14-10-9-11-20(23)3/h6-14,19,21H,15-18H2,1-5H3,(H,26,30). The fourth-order valence-corrected chi connectivity index (χ4v) is 4.37. The van der Waals surface area contributed by atoms with Crippen molar-refractivity contribution >= 4 is 27.5 Å². The van der Waals surface area contributed by atoms with Gasteiger partial charge in [0.25, 0.3) is 0 Å². The predicted octanol–water partition coefficient (Wildman–Crippen LogP) is 2.99. The lowest BCUT2D eigenvalue weighted by atomic mass is 10.1. The van der Waals surface area contributed by atoms with Crippen molar-refractivity contribution in [2.75, 3.05) is 30.2 Å². The second kappa shape index (κ2) is 11.8. The Balaban J connectivity index is 2.29. The van der Waals surface area contributed by atoms with E-state index >= 15 is 0 Å². The summed E-state index contributed by atoms with van der Waals surface area (Å²) in [6.45, 7) is 7.89. The molecule has 1 N–H and O–H groups in total. The first-order chi connectivity index (χ1) is 15.5. The van der Waals surface area contributed by atoms with Crippen LogP contribution in [0.15, 0.2) is 54.6 Å². The highest BCUT2D eigenvalue weighted by molar-refractivity contribution is 7.92. The van der Waals surface area contributed by atoms with Gasteiger partial charge in [0.1, 0.15) is 12.6 Å². The average molecular weight is 474 g/mol. The largest absolute Gasteiger partial charge is 0.354 e. The second-order valence-electron chi connectivity index (χ2n) is 8.69. The van der Waals surface area contributed by atoms with Gasteiger partial charge in [-0.05, 0) is 43.4 Å². The van der Waals surface area contributed by atoms with E-state index in [4.69, 9.17) is 0 Å². The highest BCUT2D eigenvalue weighted by atomic mass is 32.2. The number of anilines is 1. The number of para-hydroxylation sites is 1. The van der Waals surface area contributed by atoms with Crippen LogP contribution in [0.2, 0.25) is 0 Å². The van der Waals surface area contributed by atoms with Gasteiger partial charge in [0.15, 0.2) is 0 Å². The SMILES string of the molecule is Cc1ccccc1N(CC(=O)N(CCc1ccccc1)C(C)C(=O)NCC(C)C)S(C)(=O)=O. The monoisotopic (exact) mass is 473 g/mol. The van der Waals surface area contributed by atoms with E-state index in [1.54, 1.807) is 32.0 Å². The number of amides is 2. The molecule has 2 amide bonds. The number of hydrogen-bond donors (Lipinski definition) is 1. The maximum atomic E-state index is 13.4. The van der Waals surface area contributed by atoms with Gasteiger partial charge in [0.05, 0.1) is 11.9 Å². The van der Waals surface area contributed by atoms with E-state index in [-0.39, 0.29) is 18.4 Å². The molecular weight excluding hydrogens is 438 g/mol.